The number of thiazole rings is 1. The Hall–Kier alpha value is -2.81. The molecule has 0 aliphatic carbocycles. The van der Waals surface area contributed by atoms with Crippen molar-refractivity contribution in [2.45, 2.75) is 6.61 Å². The van der Waals surface area contributed by atoms with E-state index in [1.54, 1.807) is 24.4 Å². The van der Waals surface area contributed by atoms with Crippen LogP contribution in [0.15, 0.2) is 34.9 Å². The Balaban J connectivity index is 2.08. The number of hydrogen-bond acceptors (Lipinski definition) is 7. The van der Waals surface area contributed by atoms with Gasteiger partial charge in [0.05, 0.1) is 5.69 Å². The van der Waals surface area contributed by atoms with E-state index < -0.39 is 5.97 Å². The zero-order chi connectivity index (χ0) is 15.1. The first-order valence-corrected chi connectivity index (χ1v) is 6.58. The second kappa shape index (κ2) is 7.10. The normalized spacial score (nSPS) is 11.0. The van der Waals surface area contributed by atoms with Gasteiger partial charge >= 0.3 is 5.97 Å². The molecule has 0 aliphatic rings. The highest BCUT2D eigenvalue weighted by Crippen LogP contribution is 2.15. The van der Waals surface area contributed by atoms with Crippen molar-refractivity contribution in [3.05, 3.63) is 41.2 Å². The molecule has 0 atom stereocenters. The summed E-state index contributed by atoms with van der Waals surface area (Å²) in [5.74, 6) is -1.28. The van der Waals surface area contributed by atoms with Gasteiger partial charge in [-0.25, -0.2) is 9.78 Å². The van der Waals surface area contributed by atoms with Gasteiger partial charge in [-0.2, -0.15) is 0 Å². The average molecular weight is 306 g/mol. The molecule has 2 aromatic rings. The molecule has 8 nitrogen and oxygen atoms in total. The van der Waals surface area contributed by atoms with E-state index in [4.69, 9.17) is 9.94 Å². The molecule has 2 N–H and O–H groups in total. The summed E-state index contributed by atoms with van der Waals surface area (Å²) in [6.45, 7) is 0.0429. The van der Waals surface area contributed by atoms with Gasteiger partial charge < -0.3 is 15.3 Å². The third-order valence-corrected chi connectivity index (χ3v) is 3.00. The maximum Gasteiger partial charge on any atom is 0.360 e. The summed E-state index contributed by atoms with van der Waals surface area (Å²) in [5, 5.41) is 16.7. The number of anilines is 1. The lowest BCUT2D eigenvalue weighted by Gasteiger charge is -2.00. The van der Waals surface area contributed by atoms with Gasteiger partial charge in [0.25, 0.3) is 0 Å². The van der Waals surface area contributed by atoms with Crippen LogP contribution < -0.4 is 5.32 Å². The molecule has 0 saturated carbocycles. The van der Waals surface area contributed by atoms with Crippen molar-refractivity contribution in [2.75, 3.05) is 5.32 Å². The number of aliphatic carboxylic acids is 1. The molecule has 108 valence electrons. The SMILES string of the molecule is O=CNc1nc(/C(=N\OCc2ccccn2)C(=O)O)cs1. The van der Waals surface area contributed by atoms with Crippen LogP contribution in [0.4, 0.5) is 5.13 Å². The molecule has 2 heterocycles. The first kappa shape index (κ1) is 14.6. The van der Waals surface area contributed by atoms with Gasteiger partial charge in [0.2, 0.25) is 12.1 Å². The highest BCUT2D eigenvalue weighted by Gasteiger charge is 2.17. The number of pyridine rings is 1. The number of nitrogens with zero attached hydrogens (tertiary/aromatic N) is 3. The van der Waals surface area contributed by atoms with Gasteiger partial charge in [-0.1, -0.05) is 11.2 Å². The smallest absolute Gasteiger partial charge is 0.360 e. The number of carboxylic acids is 1. The number of carbonyl (C=O) groups excluding carboxylic acids is 1. The molecule has 1 amide bonds. The summed E-state index contributed by atoms with van der Waals surface area (Å²) < 4.78 is 0. The number of nitrogens with one attached hydrogen (secondary N) is 1. The van der Waals surface area contributed by atoms with E-state index in [0.717, 1.165) is 11.3 Å². The lowest BCUT2D eigenvalue weighted by molar-refractivity contribution is -0.129. The second-order valence-corrected chi connectivity index (χ2v) is 4.50. The molecule has 0 unspecified atom stereocenters. The lowest BCUT2D eigenvalue weighted by Crippen LogP contribution is -2.15. The molecule has 0 fully saturated rings. The zero-order valence-corrected chi connectivity index (χ0v) is 11.4. The van der Waals surface area contributed by atoms with Gasteiger partial charge in [-0.05, 0) is 12.1 Å². The van der Waals surface area contributed by atoms with Crippen molar-refractivity contribution >= 4 is 34.6 Å². The fourth-order valence-corrected chi connectivity index (χ4v) is 2.00. The van der Waals surface area contributed by atoms with E-state index in [0.29, 0.717) is 12.1 Å². The van der Waals surface area contributed by atoms with Crippen molar-refractivity contribution in [2.24, 2.45) is 5.16 Å². The fraction of sp³-hybridized carbons (Fsp3) is 0.0833. The second-order valence-electron chi connectivity index (χ2n) is 3.64. The van der Waals surface area contributed by atoms with Crippen molar-refractivity contribution in [3.8, 4) is 0 Å². The molecule has 0 saturated heterocycles. The summed E-state index contributed by atoms with van der Waals surface area (Å²) in [7, 11) is 0. The predicted octanol–water partition coefficient (Wildman–Crippen LogP) is 1.11. The van der Waals surface area contributed by atoms with Gasteiger partial charge in [0.1, 0.15) is 5.69 Å². The minimum absolute atomic E-state index is 0.0429. The highest BCUT2D eigenvalue weighted by atomic mass is 32.1. The van der Waals surface area contributed by atoms with Crippen molar-refractivity contribution < 1.29 is 19.5 Å². The molecular formula is C12H10N4O4S. The molecule has 21 heavy (non-hydrogen) atoms. The van der Waals surface area contributed by atoms with Crippen LogP contribution >= 0.6 is 11.3 Å². The minimum atomic E-state index is -1.28. The molecule has 9 heteroatoms. The summed E-state index contributed by atoms with van der Waals surface area (Å²) in [6, 6.07) is 5.27. The van der Waals surface area contributed by atoms with Gasteiger partial charge in [-0.15, -0.1) is 11.3 Å². The summed E-state index contributed by atoms with van der Waals surface area (Å²) in [4.78, 5) is 34.4. The van der Waals surface area contributed by atoms with Crippen LogP contribution in [0, 0.1) is 0 Å². The molecule has 0 spiro atoms. The van der Waals surface area contributed by atoms with Crippen LogP contribution in [0.3, 0.4) is 0 Å². The van der Waals surface area contributed by atoms with Crippen molar-refractivity contribution in [1.29, 1.82) is 0 Å². The zero-order valence-electron chi connectivity index (χ0n) is 10.6. The molecule has 0 aromatic carbocycles. The third kappa shape index (κ3) is 4.08. The molecule has 2 aromatic heterocycles. The fourth-order valence-electron chi connectivity index (χ4n) is 1.34. The quantitative estimate of drug-likeness (QED) is 0.450. The van der Waals surface area contributed by atoms with Crippen LogP contribution in [-0.4, -0.2) is 33.2 Å². The lowest BCUT2D eigenvalue weighted by atomic mass is 10.3. The van der Waals surface area contributed by atoms with Gasteiger partial charge in [0, 0.05) is 11.6 Å². The third-order valence-electron chi connectivity index (χ3n) is 2.23. The summed E-state index contributed by atoms with van der Waals surface area (Å²) in [5.41, 5.74) is 0.381. The Labute approximate surface area is 123 Å². The van der Waals surface area contributed by atoms with Crippen molar-refractivity contribution in [1.82, 2.24) is 9.97 Å². The van der Waals surface area contributed by atoms with Gasteiger partial charge in [-0.3, -0.25) is 9.78 Å². The monoisotopic (exact) mass is 306 g/mol. The summed E-state index contributed by atoms with van der Waals surface area (Å²) in [6.07, 6.45) is 2.05. The number of hydrogen-bond donors (Lipinski definition) is 2. The Kier molecular flexibility index (Phi) is 4.94. The van der Waals surface area contributed by atoms with E-state index in [-0.39, 0.29) is 23.1 Å². The highest BCUT2D eigenvalue weighted by molar-refractivity contribution is 7.14. The Morgan fingerprint density at radius 2 is 2.38 bits per heavy atom. The Morgan fingerprint density at radius 1 is 1.52 bits per heavy atom. The van der Waals surface area contributed by atoms with E-state index in [1.807, 2.05) is 0 Å². The molecule has 0 bridgehead atoms. The van der Waals surface area contributed by atoms with Crippen molar-refractivity contribution in [3.63, 3.8) is 0 Å². The first-order chi connectivity index (χ1) is 10.2. The largest absolute Gasteiger partial charge is 0.476 e. The molecule has 2 rings (SSSR count). The van der Waals surface area contributed by atoms with E-state index in [9.17, 15) is 9.59 Å². The average Bonchev–Trinajstić information content (AvgIpc) is 2.93. The maximum atomic E-state index is 11.2. The maximum absolute atomic E-state index is 11.2. The standard InChI is InChI=1S/C12H10N4O4S/c17-7-14-12-15-9(6-21-12)10(11(18)19)16-20-5-8-3-1-2-4-13-8/h1-4,6-7H,5H2,(H,18,19)(H,14,15,17)/b16-10+. The molecular weight excluding hydrogens is 296 g/mol. The van der Waals surface area contributed by atoms with Gasteiger partial charge in [0.15, 0.2) is 11.7 Å². The topological polar surface area (TPSA) is 114 Å². The van der Waals surface area contributed by atoms with Crippen LogP contribution in [0.1, 0.15) is 11.4 Å². The Bertz CT molecular complexity index is 656. The predicted molar refractivity (Wildman–Crippen MR) is 75.0 cm³/mol. The van der Waals surface area contributed by atoms with Crippen LogP contribution in [0.5, 0.6) is 0 Å². The summed E-state index contributed by atoms with van der Waals surface area (Å²) >= 11 is 1.08. The number of amides is 1. The van der Waals surface area contributed by atoms with E-state index in [1.165, 1.54) is 5.38 Å². The molecule has 0 aliphatic heterocycles. The number of carboxylic acid groups (broad SMARTS) is 1. The first-order valence-electron chi connectivity index (χ1n) is 5.70. The number of aromatic nitrogens is 2. The number of oxime groups is 1. The minimum Gasteiger partial charge on any atom is -0.476 e. The van der Waals surface area contributed by atoms with Crippen LogP contribution in [0.25, 0.3) is 0 Å². The van der Waals surface area contributed by atoms with Crippen LogP contribution in [0.2, 0.25) is 0 Å². The number of carbonyl (C=O) groups is 2. The van der Waals surface area contributed by atoms with E-state index in [2.05, 4.69) is 20.4 Å². The Morgan fingerprint density at radius 3 is 3.05 bits per heavy atom. The molecule has 0 radical (unpaired) electrons. The van der Waals surface area contributed by atoms with E-state index >= 15 is 0 Å². The van der Waals surface area contributed by atoms with Crippen LogP contribution in [-0.2, 0) is 21.0 Å². The number of rotatable bonds is 7.